The Kier molecular flexibility index (Phi) is 5.52. The van der Waals surface area contributed by atoms with Gasteiger partial charge in [-0.25, -0.2) is 8.78 Å². The highest BCUT2D eigenvalue weighted by molar-refractivity contribution is 5.87. The molecule has 2 rings (SSSR count). The molecule has 1 heterocycles. The Labute approximate surface area is 128 Å². The Balaban J connectivity index is 2.50. The molecule has 0 aliphatic carbocycles. The Morgan fingerprint density at radius 1 is 1.23 bits per heavy atom. The van der Waals surface area contributed by atoms with Gasteiger partial charge in [0.25, 0.3) is 6.43 Å². The molecule has 120 valence electrons. The van der Waals surface area contributed by atoms with Crippen molar-refractivity contribution in [1.29, 1.82) is 0 Å². The molecule has 0 atom stereocenters. The summed E-state index contributed by atoms with van der Waals surface area (Å²) < 4.78 is 31.7. The third kappa shape index (κ3) is 3.46. The van der Waals surface area contributed by atoms with Gasteiger partial charge in [0.1, 0.15) is 5.75 Å². The second-order valence-electron chi connectivity index (χ2n) is 5.37. The van der Waals surface area contributed by atoms with E-state index < -0.39 is 6.43 Å². The van der Waals surface area contributed by atoms with Crippen molar-refractivity contribution in [2.24, 2.45) is 0 Å². The van der Waals surface area contributed by atoms with Gasteiger partial charge in [0.05, 0.1) is 18.2 Å². The molecule has 0 amide bonds. The predicted octanol–water partition coefficient (Wildman–Crippen LogP) is 4.60. The number of rotatable bonds is 7. The topological polar surface area (TPSA) is 42.1 Å². The van der Waals surface area contributed by atoms with E-state index in [4.69, 9.17) is 4.74 Å². The number of alkyl halides is 2. The number of fused-ring (bicyclic) bond motifs is 1. The van der Waals surface area contributed by atoms with Crippen LogP contribution in [0.25, 0.3) is 10.9 Å². The molecule has 0 bridgehead atoms. The molecule has 1 aromatic carbocycles. The van der Waals surface area contributed by atoms with Gasteiger partial charge in [0.2, 0.25) is 5.56 Å². The van der Waals surface area contributed by atoms with E-state index in [1.165, 1.54) is 19.2 Å². The van der Waals surface area contributed by atoms with Gasteiger partial charge in [-0.15, -0.1) is 0 Å². The van der Waals surface area contributed by atoms with E-state index in [-0.39, 0.29) is 22.4 Å². The number of aryl methyl sites for hydroxylation is 1. The van der Waals surface area contributed by atoms with E-state index in [1.54, 1.807) is 6.07 Å². The first-order valence-corrected chi connectivity index (χ1v) is 7.59. The number of halogens is 2. The monoisotopic (exact) mass is 309 g/mol. The Morgan fingerprint density at radius 2 is 2.00 bits per heavy atom. The van der Waals surface area contributed by atoms with Crippen LogP contribution in [0, 0.1) is 0 Å². The minimum Gasteiger partial charge on any atom is -0.496 e. The maximum Gasteiger partial charge on any atom is 0.269 e. The molecule has 5 heteroatoms. The molecule has 0 unspecified atom stereocenters. The minimum absolute atomic E-state index is 0.0984. The number of methoxy groups -OCH3 is 1. The lowest BCUT2D eigenvalue weighted by Crippen LogP contribution is -2.09. The fourth-order valence-corrected chi connectivity index (χ4v) is 2.74. The largest absolute Gasteiger partial charge is 0.496 e. The number of ether oxygens (including phenoxy) is 1. The average Bonchev–Trinajstić information content (AvgIpc) is 2.49. The number of benzene rings is 1. The Morgan fingerprint density at radius 3 is 2.64 bits per heavy atom. The van der Waals surface area contributed by atoms with Gasteiger partial charge in [-0.1, -0.05) is 26.2 Å². The van der Waals surface area contributed by atoms with Crippen LogP contribution in [-0.2, 0) is 6.42 Å². The summed E-state index contributed by atoms with van der Waals surface area (Å²) in [6.07, 6.45) is 2.30. The van der Waals surface area contributed by atoms with Crippen LogP contribution in [0.3, 0.4) is 0 Å². The molecule has 3 nitrogen and oxygen atoms in total. The number of hydrogen-bond acceptors (Lipinski definition) is 2. The standard InChI is InChI=1S/C17H21F2NO2/c1-3-4-5-6-7-11-10-14(21)20-16-12(11)8-9-13(22-2)15(16)17(18)19/h8-10,17H,3-7H2,1-2H3,(H,20,21). The lowest BCUT2D eigenvalue weighted by Gasteiger charge is -2.13. The van der Waals surface area contributed by atoms with Gasteiger partial charge < -0.3 is 9.72 Å². The smallest absolute Gasteiger partial charge is 0.269 e. The molecule has 0 aliphatic heterocycles. The van der Waals surface area contributed by atoms with E-state index in [0.29, 0.717) is 5.39 Å². The zero-order chi connectivity index (χ0) is 16.1. The number of nitrogens with one attached hydrogen (secondary N) is 1. The van der Waals surface area contributed by atoms with Crippen molar-refractivity contribution in [3.8, 4) is 5.75 Å². The molecule has 0 aliphatic rings. The van der Waals surface area contributed by atoms with Crippen LogP contribution in [0.15, 0.2) is 23.0 Å². The molecule has 0 radical (unpaired) electrons. The van der Waals surface area contributed by atoms with Gasteiger partial charge in [-0.05, 0) is 30.5 Å². The highest BCUT2D eigenvalue weighted by Crippen LogP contribution is 2.35. The summed E-state index contributed by atoms with van der Waals surface area (Å²) in [7, 11) is 1.35. The predicted molar refractivity (Wildman–Crippen MR) is 83.9 cm³/mol. The molecule has 2 aromatic rings. The van der Waals surface area contributed by atoms with E-state index >= 15 is 0 Å². The maximum absolute atomic E-state index is 13.4. The van der Waals surface area contributed by atoms with Crippen LogP contribution < -0.4 is 10.3 Å². The highest BCUT2D eigenvalue weighted by atomic mass is 19.3. The molecule has 1 aromatic heterocycles. The number of aromatic amines is 1. The van der Waals surface area contributed by atoms with Gasteiger partial charge in [0.15, 0.2) is 0 Å². The highest BCUT2D eigenvalue weighted by Gasteiger charge is 2.19. The minimum atomic E-state index is -2.70. The van der Waals surface area contributed by atoms with Crippen LogP contribution in [0.5, 0.6) is 5.75 Å². The van der Waals surface area contributed by atoms with Crippen molar-refractivity contribution in [2.45, 2.75) is 45.5 Å². The summed E-state index contributed by atoms with van der Waals surface area (Å²) in [5.41, 5.74) is 0.410. The van der Waals surface area contributed by atoms with Gasteiger partial charge in [0, 0.05) is 11.5 Å². The van der Waals surface area contributed by atoms with Crippen molar-refractivity contribution in [3.63, 3.8) is 0 Å². The number of aromatic nitrogens is 1. The number of hydrogen-bond donors (Lipinski definition) is 1. The zero-order valence-electron chi connectivity index (χ0n) is 12.9. The zero-order valence-corrected chi connectivity index (χ0v) is 12.9. The van der Waals surface area contributed by atoms with Crippen LogP contribution in [-0.4, -0.2) is 12.1 Å². The SMILES string of the molecule is CCCCCCc1cc(=O)[nH]c2c(C(F)F)c(OC)ccc12. The molecule has 22 heavy (non-hydrogen) atoms. The number of pyridine rings is 1. The molecular formula is C17H21F2NO2. The summed E-state index contributed by atoms with van der Waals surface area (Å²) in [4.78, 5) is 14.4. The second kappa shape index (κ2) is 7.38. The lowest BCUT2D eigenvalue weighted by atomic mass is 10.00. The summed E-state index contributed by atoms with van der Waals surface area (Å²) in [5, 5.41) is 0.673. The van der Waals surface area contributed by atoms with Crippen molar-refractivity contribution in [3.05, 3.63) is 39.7 Å². The first kappa shape index (κ1) is 16.5. The van der Waals surface area contributed by atoms with E-state index in [2.05, 4.69) is 11.9 Å². The summed E-state index contributed by atoms with van der Waals surface area (Å²) in [6.45, 7) is 2.13. The van der Waals surface area contributed by atoms with Crippen LogP contribution in [0.4, 0.5) is 8.78 Å². The van der Waals surface area contributed by atoms with E-state index in [9.17, 15) is 13.6 Å². The molecule has 0 spiro atoms. The molecular weight excluding hydrogens is 288 g/mol. The normalized spacial score (nSPS) is 11.3. The van der Waals surface area contributed by atoms with Gasteiger partial charge >= 0.3 is 0 Å². The summed E-state index contributed by atoms with van der Waals surface area (Å²) >= 11 is 0. The molecule has 1 N–H and O–H groups in total. The second-order valence-corrected chi connectivity index (χ2v) is 5.37. The Hall–Kier alpha value is -1.91. The van der Waals surface area contributed by atoms with Crippen molar-refractivity contribution >= 4 is 10.9 Å². The van der Waals surface area contributed by atoms with Crippen molar-refractivity contribution in [2.75, 3.05) is 7.11 Å². The number of unbranched alkanes of at least 4 members (excludes halogenated alkanes) is 3. The molecule has 0 saturated carbocycles. The first-order chi connectivity index (χ1) is 10.6. The Bertz CT molecular complexity index is 695. The van der Waals surface area contributed by atoms with E-state index in [1.807, 2.05) is 0 Å². The van der Waals surface area contributed by atoms with E-state index in [0.717, 1.165) is 37.7 Å². The molecule has 0 fully saturated rings. The molecule has 0 saturated heterocycles. The van der Waals surface area contributed by atoms with Gasteiger partial charge in [-0.3, -0.25) is 4.79 Å². The summed E-state index contributed by atoms with van der Waals surface area (Å²) in [5.74, 6) is 0.0984. The summed E-state index contributed by atoms with van der Waals surface area (Å²) in [6, 6.07) is 4.79. The quantitative estimate of drug-likeness (QED) is 0.760. The lowest BCUT2D eigenvalue weighted by molar-refractivity contribution is 0.148. The maximum atomic E-state index is 13.4. The third-order valence-corrected chi connectivity index (χ3v) is 3.84. The van der Waals surface area contributed by atoms with Crippen molar-refractivity contribution < 1.29 is 13.5 Å². The van der Waals surface area contributed by atoms with Crippen LogP contribution in [0.1, 0.15) is 50.2 Å². The third-order valence-electron chi connectivity index (χ3n) is 3.84. The van der Waals surface area contributed by atoms with Crippen molar-refractivity contribution in [1.82, 2.24) is 4.98 Å². The fourth-order valence-electron chi connectivity index (χ4n) is 2.74. The fraction of sp³-hybridized carbons (Fsp3) is 0.471. The van der Waals surface area contributed by atoms with Crippen LogP contribution >= 0.6 is 0 Å². The first-order valence-electron chi connectivity index (χ1n) is 7.59. The van der Waals surface area contributed by atoms with Gasteiger partial charge in [-0.2, -0.15) is 0 Å². The van der Waals surface area contributed by atoms with Crippen LogP contribution in [0.2, 0.25) is 0 Å². The average molecular weight is 309 g/mol. The number of H-pyrrole nitrogens is 1.